The Morgan fingerprint density at radius 1 is 0.941 bits per heavy atom. The normalized spacial score (nSPS) is 14.1. The van der Waals surface area contributed by atoms with Crippen molar-refractivity contribution in [3.63, 3.8) is 0 Å². The van der Waals surface area contributed by atoms with Gasteiger partial charge in [-0.15, -0.1) is 0 Å². The summed E-state index contributed by atoms with van der Waals surface area (Å²) in [4.78, 5) is 12.6. The third-order valence-corrected chi connectivity index (χ3v) is 7.58. The van der Waals surface area contributed by atoms with Gasteiger partial charge in [0.2, 0.25) is 10.0 Å². The van der Waals surface area contributed by atoms with E-state index in [2.05, 4.69) is 5.32 Å². The molecular formula is C24H22Cl2N2O5S. The highest BCUT2D eigenvalue weighted by Crippen LogP contribution is 2.33. The smallest absolute Gasteiger partial charge is 0.262 e. The van der Waals surface area contributed by atoms with Gasteiger partial charge in [0.25, 0.3) is 5.91 Å². The number of sulfonamides is 1. The summed E-state index contributed by atoms with van der Waals surface area (Å²) in [6.45, 7) is 0.644. The zero-order valence-corrected chi connectivity index (χ0v) is 20.4. The Balaban J connectivity index is 1.41. The summed E-state index contributed by atoms with van der Waals surface area (Å²) in [6.07, 6.45) is 1.68. The molecule has 34 heavy (non-hydrogen) atoms. The third-order valence-electron chi connectivity index (χ3n) is 5.15. The molecule has 0 radical (unpaired) electrons. The molecule has 1 amide bonds. The van der Waals surface area contributed by atoms with Gasteiger partial charge in [-0.3, -0.25) is 4.79 Å². The molecule has 178 valence electrons. The Morgan fingerprint density at radius 2 is 1.65 bits per heavy atom. The molecule has 0 saturated carbocycles. The fourth-order valence-electron chi connectivity index (χ4n) is 3.47. The minimum Gasteiger partial charge on any atom is -0.482 e. The van der Waals surface area contributed by atoms with Crippen molar-refractivity contribution in [3.8, 4) is 17.2 Å². The highest BCUT2D eigenvalue weighted by Gasteiger charge is 2.27. The molecule has 0 unspecified atom stereocenters. The Hall–Kier alpha value is -2.78. The topological polar surface area (TPSA) is 84.9 Å². The van der Waals surface area contributed by atoms with E-state index >= 15 is 0 Å². The largest absolute Gasteiger partial charge is 0.482 e. The maximum Gasteiger partial charge on any atom is 0.262 e. The Morgan fingerprint density at radius 3 is 2.35 bits per heavy atom. The number of carbonyl (C=O) groups excluding carboxylic acids is 1. The van der Waals surface area contributed by atoms with Gasteiger partial charge in [0.05, 0.1) is 15.6 Å². The molecule has 10 heteroatoms. The van der Waals surface area contributed by atoms with Crippen molar-refractivity contribution in [3.05, 3.63) is 76.8 Å². The maximum absolute atomic E-state index is 12.7. The SMILES string of the molecule is O=C(COc1ccc(S(=O)(=O)N2CCCC2)cc1Cl)Nc1cc(Cl)ccc1Oc1ccccc1. The van der Waals surface area contributed by atoms with E-state index in [4.69, 9.17) is 32.7 Å². The van der Waals surface area contributed by atoms with Crippen LogP contribution in [-0.2, 0) is 14.8 Å². The van der Waals surface area contributed by atoms with E-state index in [1.807, 2.05) is 18.2 Å². The predicted octanol–water partition coefficient (Wildman–Crippen LogP) is 5.59. The number of amides is 1. The van der Waals surface area contributed by atoms with Crippen LogP contribution in [0.4, 0.5) is 5.69 Å². The van der Waals surface area contributed by atoms with E-state index in [-0.39, 0.29) is 22.3 Å². The highest BCUT2D eigenvalue weighted by atomic mass is 35.5. The molecule has 7 nitrogen and oxygen atoms in total. The number of rotatable bonds is 8. The van der Waals surface area contributed by atoms with Gasteiger partial charge >= 0.3 is 0 Å². The number of ether oxygens (including phenoxy) is 2. The molecular weight excluding hydrogens is 499 g/mol. The van der Waals surface area contributed by atoms with Crippen LogP contribution in [0.5, 0.6) is 17.2 Å². The van der Waals surface area contributed by atoms with E-state index in [0.29, 0.717) is 35.3 Å². The number of anilines is 1. The van der Waals surface area contributed by atoms with E-state index < -0.39 is 15.9 Å². The van der Waals surface area contributed by atoms with Crippen molar-refractivity contribution in [2.75, 3.05) is 25.0 Å². The summed E-state index contributed by atoms with van der Waals surface area (Å²) in [7, 11) is -3.60. The molecule has 0 atom stereocenters. The van der Waals surface area contributed by atoms with Crippen molar-refractivity contribution in [2.24, 2.45) is 0 Å². The van der Waals surface area contributed by atoms with E-state index in [1.165, 1.54) is 22.5 Å². The summed E-state index contributed by atoms with van der Waals surface area (Å²) >= 11 is 12.3. The first-order valence-corrected chi connectivity index (χ1v) is 12.8. The summed E-state index contributed by atoms with van der Waals surface area (Å²) in [5, 5.41) is 3.24. The lowest BCUT2D eigenvalue weighted by atomic mass is 10.2. The Labute approximate surface area is 208 Å². The average molecular weight is 521 g/mol. The number of nitrogens with zero attached hydrogens (tertiary/aromatic N) is 1. The number of hydrogen-bond acceptors (Lipinski definition) is 5. The van der Waals surface area contributed by atoms with Gasteiger partial charge in [-0.05, 0) is 61.4 Å². The van der Waals surface area contributed by atoms with Crippen LogP contribution in [0.25, 0.3) is 0 Å². The number of nitrogens with one attached hydrogen (secondary N) is 1. The van der Waals surface area contributed by atoms with E-state index in [9.17, 15) is 13.2 Å². The molecule has 4 rings (SSSR count). The van der Waals surface area contributed by atoms with Crippen LogP contribution < -0.4 is 14.8 Å². The first kappa shape index (κ1) is 24.3. The molecule has 0 spiro atoms. The van der Waals surface area contributed by atoms with E-state index in [0.717, 1.165) is 12.8 Å². The van der Waals surface area contributed by atoms with Crippen LogP contribution in [0.1, 0.15) is 12.8 Å². The summed E-state index contributed by atoms with van der Waals surface area (Å²) in [6, 6.07) is 18.2. The molecule has 1 saturated heterocycles. The van der Waals surface area contributed by atoms with Crippen LogP contribution in [0, 0.1) is 0 Å². The second-order valence-electron chi connectivity index (χ2n) is 7.60. The second kappa shape index (κ2) is 10.7. The molecule has 1 heterocycles. The monoisotopic (exact) mass is 520 g/mol. The molecule has 0 aliphatic carbocycles. The van der Waals surface area contributed by atoms with Crippen LogP contribution >= 0.6 is 23.2 Å². The molecule has 3 aromatic carbocycles. The van der Waals surface area contributed by atoms with Gasteiger partial charge in [-0.2, -0.15) is 4.31 Å². The van der Waals surface area contributed by atoms with Gasteiger partial charge in [-0.25, -0.2) is 8.42 Å². The quantitative estimate of drug-likeness (QED) is 0.418. The van der Waals surface area contributed by atoms with Gasteiger partial charge < -0.3 is 14.8 Å². The molecule has 1 N–H and O–H groups in total. The van der Waals surface area contributed by atoms with Gasteiger partial charge in [-0.1, -0.05) is 41.4 Å². The molecule has 0 aromatic heterocycles. The van der Waals surface area contributed by atoms with Crippen molar-refractivity contribution in [1.29, 1.82) is 0 Å². The molecule has 1 fully saturated rings. The minimum absolute atomic E-state index is 0.0952. The van der Waals surface area contributed by atoms with E-state index in [1.54, 1.807) is 30.3 Å². The second-order valence-corrected chi connectivity index (χ2v) is 10.4. The summed E-state index contributed by atoms with van der Waals surface area (Å²) in [5.41, 5.74) is 0.378. The van der Waals surface area contributed by atoms with Gasteiger partial charge in [0.1, 0.15) is 11.5 Å². The fourth-order valence-corrected chi connectivity index (χ4v) is 5.49. The highest BCUT2D eigenvalue weighted by molar-refractivity contribution is 7.89. The van der Waals surface area contributed by atoms with Crippen molar-refractivity contribution in [2.45, 2.75) is 17.7 Å². The lowest BCUT2D eigenvalue weighted by Gasteiger charge is -2.16. The first-order valence-electron chi connectivity index (χ1n) is 10.6. The lowest BCUT2D eigenvalue weighted by Crippen LogP contribution is -2.27. The van der Waals surface area contributed by atoms with Crippen LogP contribution in [0.15, 0.2) is 71.6 Å². The molecule has 3 aromatic rings. The first-order chi connectivity index (χ1) is 16.3. The van der Waals surface area contributed by atoms with Crippen molar-refractivity contribution in [1.82, 2.24) is 4.31 Å². The number of halogens is 2. The van der Waals surface area contributed by atoms with Crippen molar-refractivity contribution >= 4 is 44.8 Å². The fraction of sp³-hybridized carbons (Fsp3) is 0.208. The van der Waals surface area contributed by atoms with Crippen LogP contribution in [-0.4, -0.2) is 38.3 Å². The average Bonchev–Trinajstić information content (AvgIpc) is 3.37. The van der Waals surface area contributed by atoms with Crippen molar-refractivity contribution < 1.29 is 22.7 Å². The zero-order chi connectivity index (χ0) is 24.1. The molecule has 1 aliphatic heterocycles. The predicted molar refractivity (Wildman–Crippen MR) is 132 cm³/mol. The van der Waals surface area contributed by atoms with Crippen LogP contribution in [0.2, 0.25) is 10.0 Å². The lowest BCUT2D eigenvalue weighted by molar-refractivity contribution is -0.118. The summed E-state index contributed by atoms with van der Waals surface area (Å²) in [5.74, 6) is 0.750. The molecule has 0 bridgehead atoms. The summed E-state index contributed by atoms with van der Waals surface area (Å²) < 4.78 is 38.2. The standard InChI is InChI=1S/C24H22Cl2N2O5S/c25-17-8-10-23(33-18-6-2-1-3-7-18)21(14-17)27-24(29)16-32-22-11-9-19(15-20(22)26)34(30,31)28-12-4-5-13-28/h1-3,6-11,14-15H,4-5,12-13,16H2,(H,27,29). The Bertz CT molecular complexity index is 1280. The van der Waals surface area contributed by atoms with Gasteiger partial charge in [0.15, 0.2) is 12.4 Å². The number of hydrogen-bond donors (Lipinski definition) is 1. The minimum atomic E-state index is -3.60. The van der Waals surface area contributed by atoms with Crippen LogP contribution in [0.3, 0.4) is 0 Å². The molecule has 1 aliphatic rings. The maximum atomic E-state index is 12.7. The zero-order valence-electron chi connectivity index (χ0n) is 18.0. The number of benzene rings is 3. The van der Waals surface area contributed by atoms with Gasteiger partial charge in [0, 0.05) is 18.1 Å². The number of para-hydroxylation sites is 1. The number of carbonyl (C=O) groups is 1. The third kappa shape index (κ3) is 5.82. The Kier molecular flexibility index (Phi) is 7.63.